The summed E-state index contributed by atoms with van der Waals surface area (Å²) in [5.74, 6) is 0.257. The highest BCUT2D eigenvalue weighted by molar-refractivity contribution is 5.17. The van der Waals surface area contributed by atoms with Crippen molar-refractivity contribution >= 4 is 5.95 Å². The number of nitrogens with zero attached hydrogens (tertiary/aromatic N) is 3. The summed E-state index contributed by atoms with van der Waals surface area (Å²) in [4.78, 5) is 3.93. The molecule has 2 N–H and O–H groups in total. The Kier molecular flexibility index (Phi) is 2.52. The molecule has 0 saturated heterocycles. The Balaban J connectivity index is 2.92. The quantitative estimate of drug-likeness (QED) is 0.730. The molecule has 0 saturated carbocycles. The van der Waals surface area contributed by atoms with Crippen molar-refractivity contribution in [1.82, 2.24) is 14.8 Å². The lowest BCUT2D eigenvalue weighted by molar-refractivity contribution is 0.281. The molecule has 0 aliphatic rings. The lowest BCUT2D eigenvalue weighted by Crippen LogP contribution is -2.07. The number of hydrogen-bond acceptors (Lipinski definition) is 4. The molecule has 0 unspecified atom stereocenters. The van der Waals surface area contributed by atoms with Gasteiger partial charge < -0.3 is 10.5 Å². The fourth-order valence-corrected chi connectivity index (χ4v) is 0.889. The fourth-order valence-electron chi connectivity index (χ4n) is 0.889. The van der Waals surface area contributed by atoms with Gasteiger partial charge in [0, 0.05) is 0 Å². The normalized spacial score (nSPS) is 10.7. The number of ether oxygens (including phenoxy) is 1. The van der Waals surface area contributed by atoms with Gasteiger partial charge in [0.25, 0.3) is 0 Å². The van der Waals surface area contributed by atoms with Crippen LogP contribution in [0.4, 0.5) is 5.95 Å². The Bertz CT molecular complexity index is 256. The third-order valence-corrected chi connectivity index (χ3v) is 1.38. The summed E-state index contributed by atoms with van der Waals surface area (Å²) in [5.41, 5.74) is 5.42. The molecule has 0 bridgehead atoms. The third-order valence-electron chi connectivity index (χ3n) is 1.38. The Morgan fingerprint density at radius 3 is 2.75 bits per heavy atom. The van der Waals surface area contributed by atoms with Crippen LogP contribution in [0.1, 0.15) is 26.8 Å². The van der Waals surface area contributed by atoms with Crippen molar-refractivity contribution in [3.8, 4) is 6.01 Å². The first-order valence-electron chi connectivity index (χ1n) is 4.00. The molecule has 1 heterocycles. The maximum atomic E-state index is 5.42. The molecule has 0 fully saturated rings. The summed E-state index contributed by atoms with van der Waals surface area (Å²) >= 11 is 0. The lowest BCUT2D eigenvalue weighted by atomic mass is 10.4. The van der Waals surface area contributed by atoms with Crippen molar-refractivity contribution in [2.75, 3.05) is 12.3 Å². The standard InChI is InChI=1S/C7H14N4O/c1-4-12-7-9-6(8)10-11(7)5(2)3/h5H,4H2,1-3H3,(H2,8,10). The van der Waals surface area contributed by atoms with Crippen LogP contribution in [0.3, 0.4) is 0 Å². The van der Waals surface area contributed by atoms with E-state index in [2.05, 4.69) is 10.1 Å². The van der Waals surface area contributed by atoms with E-state index in [1.54, 1.807) is 4.68 Å². The molecule has 5 heteroatoms. The van der Waals surface area contributed by atoms with Crippen molar-refractivity contribution in [2.24, 2.45) is 0 Å². The summed E-state index contributed by atoms with van der Waals surface area (Å²) in [6, 6.07) is 0.710. The van der Waals surface area contributed by atoms with E-state index in [1.165, 1.54) is 0 Å². The van der Waals surface area contributed by atoms with Gasteiger partial charge in [-0.25, -0.2) is 4.68 Å². The number of hydrogen-bond donors (Lipinski definition) is 1. The Morgan fingerprint density at radius 2 is 2.25 bits per heavy atom. The van der Waals surface area contributed by atoms with Crippen LogP contribution in [-0.2, 0) is 0 Å². The van der Waals surface area contributed by atoms with E-state index in [9.17, 15) is 0 Å². The van der Waals surface area contributed by atoms with Gasteiger partial charge in [-0.15, -0.1) is 5.10 Å². The zero-order valence-corrected chi connectivity index (χ0v) is 7.61. The zero-order valence-electron chi connectivity index (χ0n) is 7.61. The van der Waals surface area contributed by atoms with Crippen molar-refractivity contribution < 1.29 is 4.74 Å². The van der Waals surface area contributed by atoms with Gasteiger partial charge in [-0.2, -0.15) is 4.98 Å². The smallest absolute Gasteiger partial charge is 0.316 e. The van der Waals surface area contributed by atoms with Crippen LogP contribution in [0.2, 0.25) is 0 Å². The monoisotopic (exact) mass is 170 g/mol. The van der Waals surface area contributed by atoms with Gasteiger partial charge in [0.05, 0.1) is 12.6 Å². The molecule has 68 valence electrons. The van der Waals surface area contributed by atoms with E-state index in [0.29, 0.717) is 12.6 Å². The molecule has 0 atom stereocenters. The minimum atomic E-state index is 0.219. The molecule has 0 aromatic carbocycles. The first kappa shape index (κ1) is 8.83. The predicted molar refractivity (Wildman–Crippen MR) is 46.0 cm³/mol. The van der Waals surface area contributed by atoms with Gasteiger partial charge in [-0.05, 0) is 20.8 Å². The first-order chi connectivity index (χ1) is 5.65. The fraction of sp³-hybridized carbons (Fsp3) is 0.714. The first-order valence-corrected chi connectivity index (χ1v) is 4.00. The second-order valence-electron chi connectivity index (χ2n) is 2.72. The number of rotatable bonds is 3. The van der Waals surface area contributed by atoms with Gasteiger partial charge in [-0.1, -0.05) is 0 Å². The van der Waals surface area contributed by atoms with Gasteiger partial charge in [0.1, 0.15) is 0 Å². The predicted octanol–water partition coefficient (Wildman–Crippen LogP) is 0.840. The highest BCUT2D eigenvalue weighted by Gasteiger charge is 2.10. The van der Waals surface area contributed by atoms with Gasteiger partial charge in [0.2, 0.25) is 5.95 Å². The molecule has 0 aliphatic carbocycles. The maximum Gasteiger partial charge on any atom is 0.316 e. The molecule has 1 rings (SSSR count). The lowest BCUT2D eigenvalue weighted by Gasteiger charge is -2.07. The van der Waals surface area contributed by atoms with Gasteiger partial charge in [-0.3, -0.25) is 0 Å². The SMILES string of the molecule is CCOc1nc(N)nn1C(C)C. The Hall–Kier alpha value is -1.26. The number of nitrogens with two attached hydrogens (primary N) is 1. The average Bonchev–Trinajstić information content (AvgIpc) is 2.32. The molecule has 5 nitrogen and oxygen atoms in total. The molecule has 0 spiro atoms. The van der Waals surface area contributed by atoms with Gasteiger partial charge in [0.15, 0.2) is 0 Å². The summed E-state index contributed by atoms with van der Waals surface area (Å²) < 4.78 is 6.89. The minimum Gasteiger partial charge on any atom is -0.464 e. The van der Waals surface area contributed by atoms with E-state index >= 15 is 0 Å². The van der Waals surface area contributed by atoms with E-state index in [0.717, 1.165) is 0 Å². The highest BCUT2D eigenvalue weighted by Crippen LogP contribution is 2.14. The van der Waals surface area contributed by atoms with Crippen LogP contribution in [0, 0.1) is 0 Å². The van der Waals surface area contributed by atoms with E-state index < -0.39 is 0 Å². The van der Waals surface area contributed by atoms with E-state index in [1.807, 2.05) is 20.8 Å². The second-order valence-corrected chi connectivity index (χ2v) is 2.72. The van der Waals surface area contributed by atoms with Crippen molar-refractivity contribution in [3.63, 3.8) is 0 Å². The molecule has 0 radical (unpaired) electrons. The van der Waals surface area contributed by atoms with Crippen molar-refractivity contribution in [2.45, 2.75) is 26.8 Å². The second kappa shape index (κ2) is 3.42. The third kappa shape index (κ3) is 1.66. The topological polar surface area (TPSA) is 66.0 Å². The largest absolute Gasteiger partial charge is 0.464 e. The molecule has 12 heavy (non-hydrogen) atoms. The molecular weight excluding hydrogens is 156 g/mol. The average molecular weight is 170 g/mol. The zero-order chi connectivity index (χ0) is 9.14. The Labute approximate surface area is 71.5 Å². The van der Waals surface area contributed by atoms with Crippen LogP contribution in [0.25, 0.3) is 0 Å². The number of nitrogen functional groups attached to an aromatic ring is 1. The van der Waals surface area contributed by atoms with E-state index in [-0.39, 0.29) is 12.0 Å². The Morgan fingerprint density at radius 1 is 1.58 bits per heavy atom. The molecule has 1 aromatic heterocycles. The highest BCUT2D eigenvalue weighted by atomic mass is 16.5. The van der Waals surface area contributed by atoms with Crippen LogP contribution >= 0.6 is 0 Å². The summed E-state index contributed by atoms with van der Waals surface area (Å²) in [7, 11) is 0. The molecule has 0 aliphatic heterocycles. The molecule has 1 aromatic rings. The summed E-state index contributed by atoms with van der Waals surface area (Å²) in [6.45, 7) is 6.47. The number of anilines is 1. The van der Waals surface area contributed by atoms with Crippen LogP contribution in [-0.4, -0.2) is 21.4 Å². The van der Waals surface area contributed by atoms with Crippen LogP contribution < -0.4 is 10.5 Å². The molecule has 0 amide bonds. The van der Waals surface area contributed by atoms with Crippen molar-refractivity contribution in [1.29, 1.82) is 0 Å². The summed E-state index contributed by atoms with van der Waals surface area (Å²) in [6.07, 6.45) is 0. The van der Waals surface area contributed by atoms with E-state index in [4.69, 9.17) is 10.5 Å². The summed E-state index contributed by atoms with van der Waals surface area (Å²) in [5, 5.41) is 3.99. The maximum absolute atomic E-state index is 5.42. The van der Waals surface area contributed by atoms with Crippen LogP contribution in [0.5, 0.6) is 6.01 Å². The van der Waals surface area contributed by atoms with Gasteiger partial charge >= 0.3 is 6.01 Å². The molecular formula is C7H14N4O. The van der Waals surface area contributed by atoms with Crippen LogP contribution in [0.15, 0.2) is 0 Å². The van der Waals surface area contributed by atoms with Crippen molar-refractivity contribution in [3.05, 3.63) is 0 Å². The number of aromatic nitrogens is 3. The minimum absolute atomic E-state index is 0.219.